The predicted molar refractivity (Wildman–Crippen MR) is 77.2 cm³/mol. The topological polar surface area (TPSA) is 87.2 Å². The molecule has 1 atom stereocenters. The zero-order valence-corrected chi connectivity index (χ0v) is 13.1. The maximum atomic E-state index is 12.2. The number of aliphatic hydroxyl groups excluding tert-OH is 1. The van der Waals surface area contributed by atoms with Crippen molar-refractivity contribution >= 4 is 15.9 Å². The third-order valence-electron chi connectivity index (χ3n) is 4.10. The van der Waals surface area contributed by atoms with Gasteiger partial charge >= 0.3 is 0 Å². The molecule has 2 fully saturated rings. The van der Waals surface area contributed by atoms with Gasteiger partial charge in [0.15, 0.2) is 0 Å². The molecule has 0 spiro atoms. The fourth-order valence-corrected chi connectivity index (χ4v) is 4.23. The highest BCUT2D eigenvalue weighted by molar-refractivity contribution is 7.89. The summed E-state index contributed by atoms with van der Waals surface area (Å²) in [5.41, 5.74) is 0. The normalized spacial score (nSPS) is 25.0. The largest absolute Gasteiger partial charge is 0.394 e. The zero-order chi connectivity index (χ0) is 15.3. The number of aliphatic hydroxyl groups is 1. The molecule has 0 saturated carbocycles. The summed E-state index contributed by atoms with van der Waals surface area (Å²) < 4.78 is 30.9. The number of piperidine rings is 1. The number of carbonyl (C=O) groups is 1. The molecule has 2 aliphatic heterocycles. The maximum Gasteiger partial charge on any atom is 0.223 e. The minimum Gasteiger partial charge on any atom is -0.394 e. The van der Waals surface area contributed by atoms with Gasteiger partial charge in [-0.25, -0.2) is 8.42 Å². The van der Waals surface area contributed by atoms with Gasteiger partial charge in [0.2, 0.25) is 15.9 Å². The Bertz CT molecular complexity index is 447. The summed E-state index contributed by atoms with van der Waals surface area (Å²) in [6.45, 7) is 2.10. The quantitative estimate of drug-likeness (QED) is 0.732. The number of rotatable bonds is 5. The number of likely N-dealkylation sites (tertiary alicyclic amines) is 1. The van der Waals surface area contributed by atoms with E-state index in [9.17, 15) is 18.3 Å². The number of amides is 1. The summed E-state index contributed by atoms with van der Waals surface area (Å²) in [4.78, 5) is 13.8. The van der Waals surface area contributed by atoms with Crippen LogP contribution >= 0.6 is 0 Å². The van der Waals surface area contributed by atoms with Crippen LogP contribution in [0, 0.1) is 0 Å². The molecule has 0 radical (unpaired) electrons. The SMILES string of the molecule is O=C(CCS(=O)(=O)N1CCOCC1)N1CCCCC1CO. The van der Waals surface area contributed by atoms with Gasteiger partial charge < -0.3 is 14.7 Å². The highest BCUT2D eigenvalue weighted by Gasteiger charge is 2.29. The van der Waals surface area contributed by atoms with Crippen LogP contribution in [0.25, 0.3) is 0 Å². The van der Waals surface area contributed by atoms with Gasteiger partial charge in [0.1, 0.15) is 0 Å². The van der Waals surface area contributed by atoms with E-state index in [0.29, 0.717) is 32.8 Å². The summed E-state index contributed by atoms with van der Waals surface area (Å²) in [6, 6.07) is -0.155. The summed E-state index contributed by atoms with van der Waals surface area (Å²) in [6.07, 6.45) is 2.69. The molecule has 1 amide bonds. The fourth-order valence-electron chi connectivity index (χ4n) is 2.83. The lowest BCUT2D eigenvalue weighted by Crippen LogP contribution is -2.47. The second-order valence-corrected chi connectivity index (χ2v) is 7.59. The van der Waals surface area contributed by atoms with Crippen LogP contribution in [0.15, 0.2) is 0 Å². The van der Waals surface area contributed by atoms with E-state index in [0.717, 1.165) is 19.3 Å². The van der Waals surface area contributed by atoms with E-state index < -0.39 is 10.0 Å². The van der Waals surface area contributed by atoms with Crippen molar-refractivity contribution in [3.05, 3.63) is 0 Å². The van der Waals surface area contributed by atoms with Crippen molar-refractivity contribution < 1.29 is 23.1 Å². The van der Waals surface area contributed by atoms with E-state index in [1.54, 1.807) is 4.90 Å². The molecule has 0 aromatic heterocycles. The average Bonchev–Trinajstić information content (AvgIpc) is 2.53. The summed E-state index contributed by atoms with van der Waals surface area (Å²) in [5.74, 6) is -0.342. The van der Waals surface area contributed by atoms with Crippen molar-refractivity contribution in [3.63, 3.8) is 0 Å². The van der Waals surface area contributed by atoms with E-state index >= 15 is 0 Å². The van der Waals surface area contributed by atoms with Crippen LogP contribution in [-0.4, -0.2) is 79.9 Å². The van der Waals surface area contributed by atoms with Gasteiger partial charge in [-0.05, 0) is 19.3 Å². The van der Waals surface area contributed by atoms with E-state index in [1.807, 2.05) is 0 Å². The Hall–Kier alpha value is -0.700. The Morgan fingerprint density at radius 3 is 2.57 bits per heavy atom. The van der Waals surface area contributed by atoms with Crippen molar-refractivity contribution in [1.82, 2.24) is 9.21 Å². The molecule has 21 heavy (non-hydrogen) atoms. The first-order chi connectivity index (χ1) is 10.0. The Morgan fingerprint density at radius 2 is 1.90 bits per heavy atom. The fraction of sp³-hybridized carbons (Fsp3) is 0.923. The second kappa shape index (κ2) is 7.53. The number of hydrogen-bond acceptors (Lipinski definition) is 5. The maximum absolute atomic E-state index is 12.2. The Morgan fingerprint density at radius 1 is 1.19 bits per heavy atom. The van der Waals surface area contributed by atoms with Crippen molar-refractivity contribution in [1.29, 1.82) is 0 Å². The molecule has 0 aromatic carbocycles. The molecular formula is C13H24N2O5S. The van der Waals surface area contributed by atoms with Crippen LogP contribution in [0.1, 0.15) is 25.7 Å². The smallest absolute Gasteiger partial charge is 0.223 e. The zero-order valence-electron chi connectivity index (χ0n) is 12.2. The number of morpholine rings is 1. The van der Waals surface area contributed by atoms with Gasteiger partial charge in [-0.3, -0.25) is 4.79 Å². The van der Waals surface area contributed by atoms with Crippen LogP contribution < -0.4 is 0 Å². The monoisotopic (exact) mass is 320 g/mol. The minimum atomic E-state index is -3.40. The Balaban J connectivity index is 1.87. The van der Waals surface area contributed by atoms with Crippen molar-refractivity contribution in [3.8, 4) is 0 Å². The molecular weight excluding hydrogens is 296 g/mol. The van der Waals surface area contributed by atoms with Crippen LogP contribution in [-0.2, 0) is 19.6 Å². The highest BCUT2D eigenvalue weighted by atomic mass is 32.2. The summed E-state index contributed by atoms with van der Waals surface area (Å²) >= 11 is 0. The highest BCUT2D eigenvalue weighted by Crippen LogP contribution is 2.18. The average molecular weight is 320 g/mol. The van der Waals surface area contributed by atoms with Gasteiger partial charge in [-0.15, -0.1) is 0 Å². The molecule has 0 bridgehead atoms. The summed E-state index contributed by atoms with van der Waals surface area (Å²) in [5, 5.41) is 9.31. The number of nitrogens with zero attached hydrogens (tertiary/aromatic N) is 2. The minimum absolute atomic E-state index is 0.0177. The first-order valence-electron chi connectivity index (χ1n) is 7.50. The van der Waals surface area contributed by atoms with Crippen molar-refractivity contribution in [2.24, 2.45) is 0 Å². The molecule has 2 rings (SSSR count). The standard InChI is InChI=1S/C13H24N2O5S/c16-11-12-3-1-2-5-15(12)13(17)4-10-21(18,19)14-6-8-20-9-7-14/h12,16H,1-11H2. The third kappa shape index (κ3) is 4.38. The van der Waals surface area contributed by atoms with Crippen LogP contribution in [0.4, 0.5) is 0 Å². The third-order valence-corrected chi connectivity index (χ3v) is 5.97. The van der Waals surface area contributed by atoms with Crippen molar-refractivity contribution in [2.75, 3.05) is 45.2 Å². The van der Waals surface area contributed by atoms with Gasteiger partial charge in [-0.2, -0.15) is 4.31 Å². The molecule has 2 aliphatic rings. The first kappa shape index (κ1) is 16.7. The van der Waals surface area contributed by atoms with E-state index in [4.69, 9.17) is 4.74 Å². The predicted octanol–water partition coefficient (Wildman–Crippen LogP) is -0.588. The molecule has 0 aromatic rings. The van der Waals surface area contributed by atoms with Gasteiger partial charge in [0.25, 0.3) is 0 Å². The molecule has 122 valence electrons. The molecule has 0 aliphatic carbocycles. The molecule has 2 saturated heterocycles. The van der Waals surface area contributed by atoms with Gasteiger partial charge in [-0.1, -0.05) is 0 Å². The Kier molecular flexibility index (Phi) is 5.98. The lowest BCUT2D eigenvalue weighted by molar-refractivity contribution is -0.135. The second-order valence-electron chi connectivity index (χ2n) is 5.50. The van der Waals surface area contributed by atoms with Crippen molar-refractivity contribution in [2.45, 2.75) is 31.7 Å². The number of ether oxygens (including phenoxy) is 1. The Labute approximate surface area is 125 Å². The first-order valence-corrected chi connectivity index (χ1v) is 9.11. The molecule has 2 heterocycles. The number of hydrogen-bond donors (Lipinski definition) is 1. The van der Waals surface area contributed by atoms with Crippen LogP contribution in [0.3, 0.4) is 0 Å². The van der Waals surface area contributed by atoms with Gasteiger partial charge in [0.05, 0.1) is 31.6 Å². The van der Waals surface area contributed by atoms with E-state index in [-0.39, 0.29) is 30.7 Å². The lowest BCUT2D eigenvalue weighted by atomic mass is 10.0. The van der Waals surface area contributed by atoms with E-state index in [2.05, 4.69) is 0 Å². The molecule has 1 unspecified atom stereocenters. The molecule has 1 N–H and O–H groups in total. The van der Waals surface area contributed by atoms with E-state index in [1.165, 1.54) is 4.31 Å². The molecule has 7 nitrogen and oxygen atoms in total. The molecule has 8 heteroatoms. The summed E-state index contributed by atoms with van der Waals surface area (Å²) in [7, 11) is -3.40. The lowest BCUT2D eigenvalue weighted by Gasteiger charge is -2.35. The number of carbonyl (C=O) groups excluding carboxylic acids is 1. The van der Waals surface area contributed by atoms with Crippen LogP contribution in [0.5, 0.6) is 0 Å². The number of sulfonamides is 1. The van der Waals surface area contributed by atoms with Gasteiger partial charge in [0, 0.05) is 26.1 Å². The van der Waals surface area contributed by atoms with Crippen LogP contribution in [0.2, 0.25) is 0 Å².